The number of nitrogens with zero attached hydrogens (tertiary/aromatic N) is 1. The Morgan fingerprint density at radius 1 is 1.06 bits per heavy atom. The van der Waals surface area contributed by atoms with Gasteiger partial charge in [-0.05, 0) is 37.5 Å². The van der Waals surface area contributed by atoms with Crippen LogP contribution in [0.25, 0.3) is 0 Å². The molecule has 2 aromatic carbocycles. The van der Waals surface area contributed by atoms with Gasteiger partial charge in [0.1, 0.15) is 5.00 Å². The number of thiazole rings is 1. The zero-order chi connectivity index (χ0) is 22.8. The van der Waals surface area contributed by atoms with Gasteiger partial charge in [-0.3, -0.25) is 0 Å². The Labute approximate surface area is 192 Å². The molecule has 1 saturated heterocycles. The maximum Gasteiger partial charge on any atom is 0.226 e. The van der Waals surface area contributed by atoms with E-state index in [1.807, 2.05) is 6.92 Å². The third kappa shape index (κ3) is 5.03. The van der Waals surface area contributed by atoms with Crippen LogP contribution in [0.15, 0.2) is 68.9 Å². The van der Waals surface area contributed by atoms with E-state index in [0.717, 1.165) is 29.7 Å². The molecule has 0 bridgehead atoms. The lowest BCUT2D eigenvalue weighted by Gasteiger charge is -2.11. The van der Waals surface area contributed by atoms with Crippen LogP contribution in [0, 0.1) is 6.92 Å². The highest BCUT2D eigenvalue weighted by Crippen LogP contribution is 2.36. The molecule has 1 aliphatic heterocycles. The van der Waals surface area contributed by atoms with Crippen molar-refractivity contribution in [1.82, 2.24) is 4.98 Å². The van der Waals surface area contributed by atoms with Gasteiger partial charge in [-0.1, -0.05) is 59.4 Å². The maximum absolute atomic E-state index is 13.3. The zero-order valence-corrected chi connectivity index (χ0v) is 20.0. The molecule has 0 amide bonds. The molecule has 170 valence electrons. The molecule has 0 aliphatic carbocycles. The lowest BCUT2D eigenvalue weighted by Crippen LogP contribution is -2.19. The molecule has 3 aromatic rings. The van der Waals surface area contributed by atoms with Gasteiger partial charge in [0.2, 0.25) is 24.0 Å². The second-order valence-corrected chi connectivity index (χ2v) is 12.7. The second kappa shape index (κ2) is 9.30. The number of ether oxygens (including phenoxy) is 1. The molecule has 10 heteroatoms. The number of aryl methyl sites for hydroxylation is 1. The van der Waals surface area contributed by atoms with E-state index in [1.54, 1.807) is 42.5 Å². The van der Waals surface area contributed by atoms with Crippen molar-refractivity contribution in [3.05, 3.63) is 65.7 Å². The van der Waals surface area contributed by atoms with E-state index < -0.39 is 19.7 Å². The van der Waals surface area contributed by atoms with E-state index in [4.69, 9.17) is 4.74 Å². The van der Waals surface area contributed by atoms with Crippen molar-refractivity contribution in [2.75, 3.05) is 18.5 Å². The number of rotatable bonds is 8. The number of aromatic nitrogens is 1. The quantitative estimate of drug-likeness (QED) is 0.509. The predicted octanol–water partition coefficient (Wildman–Crippen LogP) is 3.85. The molecule has 0 saturated carbocycles. The highest BCUT2D eigenvalue weighted by Gasteiger charge is 2.31. The van der Waals surface area contributed by atoms with Gasteiger partial charge in [0.05, 0.1) is 16.8 Å². The number of nitrogens with one attached hydrogen (secondary N) is 1. The Balaban J connectivity index is 1.71. The van der Waals surface area contributed by atoms with Gasteiger partial charge in [0.25, 0.3) is 0 Å². The van der Waals surface area contributed by atoms with Crippen LogP contribution in [0.5, 0.6) is 0 Å². The Hall–Kier alpha value is -2.27. The number of hydrogen-bond acceptors (Lipinski definition) is 8. The first-order valence-electron chi connectivity index (χ1n) is 10.2. The molecule has 1 aromatic heterocycles. The summed E-state index contributed by atoms with van der Waals surface area (Å²) in [6, 6.07) is 15.2. The lowest BCUT2D eigenvalue weighted by atomic mass is 10.2. The van der Waals surface area contributed by atoms with Gasteiger partial charge < -0.3 is 10.1 Å². The van der Waals surface area contributed by atoms with E-state index >= 15 is 0 Å². The Morgan fingerprint density at radius 3 is 2.44 bits per heavy atom. The van der Waals surface area contributed by atoms with Crippen molar-refractivity contribution in [2.24, 2.45) is 0 Å². The summed E-state index contributed by atoms with van der Waals surface area (Å²) >= 11 is 0.849. The number of benzene rings is 2. The molecule has 32 heavy (non-hydrogen) atoms. The largest absolute Gasteiger partial charge is 0.376 e. The summed E-state index contributed by atoms with van der Waals surface area (Å²) in [5, 5.41) is 3.03. The first-order chi connectivity index (χ1) is 15.3. The van der Waals surface area contributed by atoms with Crippen LogP contribution in [0.1, 0.15) is 24.0 Å². The van der Waals surface area contributed by atoms with Crippen molar-refractivity contribution >= 4 is 36.0 Å². The predicted molar refractivity (Wildman–Crippen MR) is 124 cm³/mol. The highest BCUT2D eigenvalue weighted by atomic mass is 32.2. The van der Waals surface area contributed by atoms with Gasteiger partial charge in [0.15, 0.2) is 5.03 Å². The Bertz CT molecular complexity index is 1280. The smallest absolute Gasteiger partial charge is 0.226 e. The van der Waals surface area contributed by atoms with Crippen LogP contribution in [-0.2, 0) is 30.2 Å². The van der Waals surface area contributed by atoms with Crippen LogP contribution in [-0.4, -0.2) is 41.1 Å². The topological polar surface area (TPSA) is 102 Å². The fraction of sp³-hybridized carbons (Fsp3) is 0.318. The van der Waals surface area contributed by atoms with Gasteiger partial charge in [-0.15, -0.1) is 0 Å². The SMILES string of the molecule is Cc1ccc(S(=O)(=O)c2nc(S(=O)(=O)Cc3ccccc3)sc2NCC2CCCO2)cc1. The minimum atomic E-state index is -4.01. The van der Waals surface area contributed by atoms with E-state index in [2.05, 4.69) is 10.3 Å². The van der Waals surface area contributed by atoms with Crippen LogP contribution >= 0.6 is 11.3 Å². The number of sulfone groups is 2. The summed E-state index contributed by atoms with van der Waals surface area (Å²) in [7, 11) is -7.84. The normalized spacial score (nSPS) is 16.8. The average Bonchev–Trinajstić information content (AvgIpc) is 3.43. The zero-order valence-electron chi connectivity index (χ0n) is 17.5. The molecular formula is C22H24N2O5S3. The molecule has 1 fully saturated rings. The molecule has 7 nitrogen and oxygen atoms in total. The van der Waals surface area contributed by atoms with E-state index in [9.17, 15) is 16.8 Å². The van der Waals surface area contributed by atoms with Crippen LogP contribution < -0.4 is 5.32 Å². The van der Waals surface area contributed by atoms with E-state index in [0.29, 0.717) is 18.7 Å². The first kappa shape index (κ1) is 22.9. The van der Waals surface area contributed by atoms with Crippen molar-refractivity contribution in [3.63, 3.8) is 0 Å². The van der Waals surface area contributed by atoms with Crippen LogP contribution in [0.4, 0.5) is 5.00 Å². The molecular weight excluding hydrogens is 468 g/mol. The number of anilines is 1. The standard InChI is InChI=1S/C22H24N2O5S3/c1-16-9-11-19(12-10-16)32(27,28)21-20(23-14-18-8-5-13-29-18)30-22(24-21)31(25,26)15-17-6-3-2-4-7-17/h2-4,6-7,9-12,18,23H,5,8,13-15H2,1H3. The van der Waals surface area contributed by atoms with E-state index in [1.165, 1.54) is 12.1 Å². The third-order valence-corrected chi connectivity index (χ3v) is 10.1. The molecule has 1 atom stereocenters. The van der Waals surface area contributed by atoms with Crippen molar-refractivity contribution < 1.29 is 21.6 Å². The molecule has 1 unspecified atom stereocenters. The fourth-order valence-corrected chi connectivity index (χ4v) is 7.75. The first-order valence-corrected chi connectivity index (χ1v) is 14.2. The van der Waals surface area contributed by atoms with Gasteiger partial charge >= 0.3 is 0 Å². The van der Waals surface area contributed by atoms with Crippen LogP contribution in [0.2, 0.25) is 0 Å². The summed E-state index contributed by atoms with van der Waals surface area (Å²) in [6.45, 7) is 2.92. The van der Waals surface area contributed by atoms with Crippen molar-refractivity contribution in [2.45, 2.75) is 45.9 Å². The molecule has 1 N–H and O–H groups in total. The monoisotopic (exact) mass is 492 g/mol. The highest BCUT2D eigenvalue weighted by molar-refractivity contribution is 7.93. The summed E-state index contributed by atoms with van der Waals surface area (Å²) in [4.78, 5) is 4.20. The Morgan fingerprint density at radius 2 is 1.78 bits per heavy atom. The number of hydrogen-bond donors (Lipinski definition) is 1. The Kier molecular flexibility index (Phi) is 6.66. The molecule has 2 heterocycles. The van der Waals surface area contributed by atoms with Gasteiger partial charge in [0, 0.05) is 13.2 Å². The van der Waals surface area contributed by atoms with Crippen molar-refractivity contribution in [3.8, 4) is 0 Å². The molecule has 1 aliphatic rings. The summed E-state index contributed by atoms with van der Waals surface area (Å²) in [5.41, 5.74) is 1.53. The van der Waals surface area contributed by atoms with Gasteiger partial charge in [-0.2, -0.15) is 0 Å². The maximum atomic E-state index is 13.3. The minimum Gasteiger partial charge on any atom is -0.376 e. The van der Waals surface area contributed by atoms with Gasteiger partial charge in [-0.25, -0.2) is 21.8 Å². The summed E-state index contributed by atoms with van der Waals surface area (Å²) in [6.07, 6.45) is 1.77. The summed E-state index contributed by atoms with van der Waals surface area (Å²) in [5.74, 6) is -0.253. The minimum absolute atomic E-state index is 0.0450. The van der Waals surface area contributed by atoms with Crippen LogP contribution in [0.3, 0.4) is 0 Å². The summed E-state index contributed by atoms with van der Waals surface area (Å²) < 4.78 is 58.1. The fourth-order valence-electron chi connectivity index (χ4n) is 3.41. The van der Waals surface area contributed by atoms with E-state index in [-0.39, 0.29) is 31.1 Å². The molecule has 0 radical (unpaired) electrons. The average molecular weight is 493 g/mol. The lowest BCUT2D eigenvalue weighted by molar-refractivity contribution is 0.120. The second-order valence-electron chi connectivity index (χ2n) is 7.69. The van der Waals surface area contributed by atoms with Crippen molar-refractivity contribution in [1.29, 1.82) is 0 Å². The molecule has 4 rings (SSSR count). The third-order valence-electron chi connectivity index (χ3n) is 5.14. The molecule has 0 spiro atoms.